The molecule has 4 nitrogen and oxygen atoms in total. The van der Waals surface area contributed by atoms with E-state index in [9.17, 15) is 13.2 Å². The van der Waals surface area contributed by atoms with Crippen LogP contribution in [0.2, 0.25) is 5.02 Å². The summed E-state index contributed by atoms with van der Waals surface area (Å²) in [7, 11) is -3.80. The van der Waals surface area contributed by atoms with Crippen LogP contribution in [0.3, 0.4) is 0 Å². The number of carbonyl (C=O) groups excluding carboxylic acids is 1. The lowest BCUT2D eigenvalue weighted by Crippen LogP contribution is -2.19. The molecule has 0 aliphatic heterocycles. The van der Waals surface area contributed by atoms with Gasteiger partial charge >= 0.3 is 0 Å². The SMILES string of the molecule is Cc1ccc(S(=O)(=O)C(=Cc2ccc(Cl)cc2)NC=O)cc1. The summed E-state index contributed by atoms with van der Waals surface area (Å²) in [6.45, 7) is 1.87. The lowest BCUT2D eigenvalue weighted by atomic mass is 10.2. The topological polar surface area (TPSA) is 63.2 Å². The first kappa shape index (κ1) is 16.3. The van der Waals surface area contributed by atoms with Gasteiger partial charge in [-0.15, -0.1) is 0 Å². The van der Waals surface area contributed by atoms with E-state index >= 15 is 0 Å². The average molecular weight is 336 g/mol. The highest BCUT2D eigenvalue weighted by Crippen LogP contribution is 2.20. The second kappa shape index (κ2) is 6.77. The molecule has 0 spiro atoms. The van der Waals surface area contributed by atoms with Gasteiger partial charge in [-0.1, -0.05) is 41.4 Å². The summed E-state index contributed by atoms with van der Waals surface area (Å²) < 4.78 is 25.2. The van der Waals surface area contributed by atoms with Crippen LogP contribution in [0.25, 0.3) is 6.08 Å². The molecule has 114 valence electrons. The normalized spacial score (nSPS) is 12.0. The van der Waals surface area contributed by atoms with Gasteiger partial charge in [-0.25, -0.2) is 8.42 Å². The first-order valence-electron chi connectivity index (χ1n) is 6.43. The highest BCUT2D eigenvalue weighted by molar-refractivity contribution is 7.95. The van der Waals surface area contributed by atoms with Crippen LogP contribution in [-0.2, 0) is 14.6 Å². The maximum Gasteiger partial charge on any atom is 0.221 e. The summed E-state index contributed by atoms with van der Waals surface area (Å²) in [4.78, 5) is 10.9. The van der Waals surface area contributed by atoms with Gasteiger partial charge in [0.15, 0.2) is 0 Å². The molecule has 6 heteroatoms. The molecule has 0 aliphatic rings. The number of nitrogens with one attached hydrogen (secondary N) is 1. The highest BCUT2D eigenvalue weighted by Gasteiger charge is 2.20. The Morgan fingerprint density at radius 1 is 1.05 bits per heavy atom. The Kier molecular flexibility index (Phi) is 5.00. The molecule has 0 unspecified atom stereocenters. The van der Waals surface area contributed by atoms with Crippen LogP contribution in [0.1, 0.15) is 11.1 Å². The van der Waals surface area contributed by atoms with E-state index in [4.69, 9.17) is 11.6 Å². The highest BCUT2D eigenvalue weighted by atomic mass is 35.5. The minimum Gasteiger partial charge on any atom is -0.319 e. The zero-order valence-corrected chi connectivity index (χ0v) is 13.4. The molecule has 0 saturated carbocycles. The minimum atomic E-state index is -3.80. The molecule has 0 fully saturated rings. The van der Waals surface area contributed by atoms with Gasteiger partial charge in [0.1, 0.15) is 5.03 Å². The van der Waals surface area contributed by atoms with E-state index in [1.165, 1.54) is 18.2 Å². The molecule has 2 rings (SSSR count). The zero-order chi connectivity index (χ0) is 16.2. The second-order valence-electron chi connectivity index (χ2n) is 4.64. The Bertz CT molecular complexity index is 794. The monoisotopic (exact) mass is 335 g/mol. The van der Waals surface area contributed by atoms with Crippen molar-refractivity contribution in [2.24, 2.45) is 0 Å². The third-order valence-electron chi connectivity index (χ3n) is 2.99. The summed E-state index contributed by atoms with van der Waals surface area (Å²) in [6, 6.07) is 13.0. The predicted octanol–water partition coefficient (Wildman–Crippen LogP) is 3.17. The second-order valence-corrected chi connectivity index (χ2v) is 6.99. The predicted molar refractivity (Wildman–Crippen MR) is 87.0 cm³/mol. The number of hydrogen-bond donors (Lipinski definition) is 1. The Morgan fingerprint density at radius 2 is 1.64 bits per heavy atom. The molecule has 0 saturated heterocycles. The molecule has 0 radical (unpaired) electrons. The van der Waals surface area contributed by atoms with Gasteiger partial charge in [-0.3, -0.25) is 4.79 Å². The first-order chi connectivity index (χ1) is 10.4. The summed E-state index contributed by atoms with van der Waals surface area (Å²) in [5.74, 6) is 0. The Hall–Kier alpha value is -2.11. The van der Waals surface area contributed by atoms with E-state index in [1.807, 2.05) is 6.92 Å². The van der Waals surface area contributed by atoms with Gasteiger partial charge in [-0.05, 0) is 42.8 Å². The van der Waals surface area contributed by atoms with Crippen molar-refractivity contribution in [3.8, 4) is 0 Å². The fourth-order valence-electron chi connectivity index (χ4n) is 1.81. The molecule has 0 atom stereocenters. The number of amides is 1. The Balaban J connectivity index is 2.48. The van der Waals surface area contributed by atoms with Crippen molar-refractivity contribution >= 4 is 33.9 Å². The van der Waals surface area contributed by atoms with E-state index in [1.54, 1.807) is 36.4 Å². The Labute approximate surface area is 134 Å². The van der Waals surface area contributed by atoms with Crippen molar-refractivity contribution in [2.45, 2.75) is 11.8 Å². The lowest BCUT2D eigenvalue weighted by molar-refractivity contribution is -0.108. The Morgan fingerprint density at radius 3 is 2.18 bits per heavy atom. The van der Waals surface area contributed by atoms with E-state index in [-0.39, 0.29) is 9.92 Å². The van der Waals surface area contributed by atoms with Crippen LogP contribution in [-0.4, -0.2) is 14.8 Å². The molecule has 0 heterocycles. The summed E-state index contributed by atoms with van der Waals surface area (Å²) >= 11 is 5.80. The first-order valence-corrected chi connectivity index (χ1v) is 8.29. The number of halogens is 1. The number of carbonyl (C=O) groups is 1. The summed E-state index contributed by atoms with van der Waals surface area (Å²) in [5.41, 5.74) is 1.56. The molecule has 1 N–H and O–H groups in total. The lowest BCUT2D eigenvalue weighted by Gasteiger charge is -2.08. The molecule has 0 bridgehead atoms. The summed E-state index contributed by atoms with van der Waals surface area (Å²) in [5, 5.41) is 2.62. The fourth-order valence-corrected chi connectivity index (χ4v) is 3.18. The summed E-state index contributed by atoms with van der Waals surface area (Å²) in [6.07, 6.45) is 1.73. The third-order valence-corrected chi connectivity index (χ3v) is 4.95. The van der Waals surface area contributed by atoms with Gasteiger partial charge in [0.05, 0.1) is 4.90 Å². The van der Waals surface area contributed by atoms with Crippen LogP contribution < -0.4 is 5.32 Å². The van der Waals surface area contributed by atoms with Crippen LogP contribution in [0.5, 0.6) is 0 Å². The largest absolute Gasteiger partial charge is 0.319 e. The molecular weight excluding hydrogens is 322 g/mol. The van der Waals surface area contributed by atoms with Crippen molar-refractivity contribution in [1.82, 2.24) is 5.32 Å². The quantitative estimate of drug-likeness (QED) is 0.854. The fraction of sp³-hybridized carbons (Fsp3) is 0.0625. The third kappa shape index (κ3) is 3.75. The molecule has 0 aromatic heterocycles. The van der Waals surface area contributed by atoms with E-state index in [2.05, 4.69) is 5.32 Å². The van der Waals surface area contributed by atoms with Crippen molar-refractivity contribution < 1.29 is 13.2 Å². The zero-order valence-electron chi connectivity index (χ0n) is 11.8. The van der Waals surface area contributed by atoms with Crippen LogP contribution in [0.15, 0.2) is 58.5 Å². The van der Waals surface area contributed by atoms with Gasteiger partial charge in [0.25, 0.3) is 0 Å². The number of aryl methyl sites for hydroxylation is 1. The standard InChI is InChI=1S/C16H14ClNO3S/c1-12-2-8-15(9-3-12)22(20,21)16(18-11-19)10-13-4-6-14(17)7-5-13/h2-11H,1H3,(H,18,19). The van der Waals surface area contributed by atoms with Gasteiger partial charge in [0, 0.05) is 5.02 Å². The average Bonchev–Trinajstić information content (AvgIpc) is 2.49. The number of sulfone groups is 1. The number of benzene rings is 2. The molecule has 22 heavy (non-hydrogen) atoms. The van der Waals surface area contributed by atoms with Gasteiger partial charge in [-0.2, -0.15) is 0 Å². The van der Waals surface area contributed by atoms with Crippen LogP contribution in [0, 0.1) is 6.92 Å². The van der Waals surface area contributed by atoms with Crippen molar-refractivity contribution in [2.75, 3.05) is 0 Å². The van der Waals surface area contributed by atoms with E-state index in [0.29, 0.717) is 17.0 Å². The minimum absolute atomic E-state index is 0.118. The molecule has 2 aromatic carbocycles. The van der Waals surface area contributed by atoms with Crippen molar-refractivity contribution in [3.63, 3.8) is 0 Å². The van der Waals surface area contributed by atoms with Crippen LogP contribution >= 0.6 is 11.6 Å². The molecule has 0 aliphatic carbocycles. The van der Waals surface area contributed by atoms with Crippen molar-refractivity contribution in [3.05, 3.63) is 69.7 Å². The molecule has 2 aromatic rings. The van der Waals surface area contributed by atoms with Gasteiger partial charge < -0.3 is 5.32 Å². The molecule has 1 amide bonds. The maximum absolute atomic E-state index is 12.6. The van der Waals surface area contributed by atoms with Crippen molar-refractivity contribution in [1.29, 1.82) is 0 Å². The van der Waals surface area contributed by atoms with Crippen LogP contribution in [0.4, 0.5) is 0 Å². The number of rotatable bonds is 5. The number of hydrogen-bond acceptors (Lipinski definition) is 3. The smallest absolute Gasteiger partial charge is 0.221 e. The van der Waals surface area contributed by atoms with Gasteiger partial charge in [0.2, 0.25) is 16.2 Å². The molecular formula is C16H14ClNO3S. The van der Waals surface area contributed by atoms with E-state index in [0.717, 1.165) is 5.56 Å². The maximum atomic E-state index is 12.6. The van der Waals surface area contributed by atoms with E-state index < -0.39 is 9.84 Å².